The smallest absolute Gasteiger partial charge is 0.290 e. The molecule has 3 amide bonds. The van der Waals surface area contributed by atoms with Crippen molar-refractivity contribution in [3.63, 3.8) is 0 Å². The maximum Gasteiger partial charge on any atom is 0.290 e. The number of piperazine rings is 1. The van der Waals surface area contributed by atoms with Crippen molar-refractivity contribution in [3.8, 4) is 0 Å². The van der Waals surface area contributed by atoms with Gasteiger partial charge in [0.25, 0.3) is 11.8 Å². The number of aromatic nitrogens is 2. The van der Waals surface area contributed by atoms with Crippen LogP contribution in [0.1, 0.15) is 53.7 Å². The Morgan fingerprint density at radius 3 is 2.39 bits per heavy atom. The van der Waals surface area contributed by atoms with Crippen LogP contribution >= 0.6 is 0 Å². The standard InChI is InChI=1S/C20H25N5O3/c1-14(26)23-10-12-24(13-11-23)20(28)18-22-17(16-8-4-5-9-25(16)18)19(27)21-15-6-2-3-7-15/h4-5,8-9,15H,2-3,6-7,10-13H2,1H3,(H,21,27). The van der Waals surface area contributed by atoms with Gasteiger partial charge in [-0.3, -0.25) is 18.8 Å². The average molecular weight is 383 g/mol. The van der Waals surface area contributed by atoms with Crippen molar-refractivity contribution in [3.05, 3.63) is 35.9 Å². The van der Waals surface area contributed by atoms with Gasteiger partial charge in [0.2, 0.25) is 11.7 Å². The van der Waals surface area contributed by atoms with E-state index in [4.69, 9.17) is 0 Å². The molecule has 0 radical (unpaired) electrons. The quantitative estimate of drug-likeness (QED) is 0.866. The fourth-order valence-corrected chi connectivity index (χ4v) is 4.05. The Labute approximate surface area is 163 Å². The predicted octanol–water partition coefficient (Wildman–Crippen LogP) is 1.31. The van der Waals surface area contributed by atoms with Crippen molar-refractivity contribution in [1.82, 2.24) is 24.5 Å². The average Bonchev–Trinajstić information content (AvgIpc) is 3.35. The van der Waals surface area contributed by atoms with Crippen LogP contribution < -0.4 is 5.32 Å². The molecule has 2 aromatic heterocycles. The number of hydrogen-bond acceptors (Lipinski definition) is 4. The van der Waals surface area contributed by atoms with Gasteiger partial charge in [0.1, 0.15) is 0 Å². The van der Waals surface area contributed by atoms with Crippen molar-refractivity contribution >= 4 is 23.2 Å². The number of imidazole rings is 1. The van der Waals surface area contributed by atoms with E-state index in [1.807, 2.05) is 12.1 Å². The maximum atomic E-state index is 13.1. The van der Waals surface area contributed by atoms with Crippen molar-refractivity contribution in [2.45, 2.75) is 38.6 Å². The van der Waals surface area contributed by atoms with Gasteiger partial charge in [-0.1, -0.05) is 18.9 Å². The lowest BCUT2D eigenvalue weighted by atomic mass is 10.2. The lowest BCUT2D eigenvalue weighted by Crippen LogP contribution is -2.50. The van der Waals surface area contributed by atoms with Crippen molar-refractivity contribution in [2.24, 2.45) is 0 Å². The first kappa shape index (κ1) is 18.5. The zero-order valence-electron chi connectivity index (χ0n) is 16.1. The summed E-state index contributed by atoms with van der Waals surface area (Å²) in [6, 6.07) is 5.65. The molecule has 1 saturated heterocycles. The van der Waals surface area contributed by atoms with Crippen molar-refractivity contribution in [2.75, 3.05) is 26.2 Å². The Balaban J connectivity index is 1.58. The number of carbonyl (C=O) groups is 3. The second-order valence-electron chi connectivity index (χ2n) is 7.49. The largest absolute Gasteiger partial charge is 0.348 e. The van der Waals surface area contributed by atoms with Crippen LogP contribution in [0, 0.1) is 0 Å². The van der Waals surface area contributed by atoms with E-state index in [9.17, 15) is 14.4 Å². The van der Waals surface area contributed by atoms with Crippen LogP contribution in [0.4, 0.5) is 0 Å². The van der Waals surface area contributed by atoms with Crippen LogP contribution in [0.5, 0.6) is 0 Å². The van der Waals surface area contributed by atoms with Crippen LogP contribution in [0.3, 0.4) is 0 Å². The number of nitrogens with one attached hydrogen (secondary N) is 1. The molecule has 148 valence electrons. The number of hydrogen-bond donors (Lipinski definition) is 1. The van der Waals surface area contributed by atoms with E-state index in [-0.39, 0.29) is 29.6 Å². The maximum absolute atomic E-state index is 13.1. The fourth-order valence-electron chi connectivity index (χ4n) is 4.05. The monoisotopic (exact) mass is 383 g/mol. The number of pyridine rings is 1. The number of carbonyl (C=O) groups excluding carboxylic acids is 3. The van der Waals surface area contributed by atoms with Gasteiger partial charge in [0.05, 0.1) is 5.52 Å². The molecule has 28 heavy (non-hydrogen) atoms. The molecule has 2 aromatic rings. The number of fused-ring (bicyclic) bond motifs is 1. The first-order valence-corrected chi connectivity index (χ1v) is 9.87. The molecule has 0 atom stereocenters. The summed E-state index contributed by atoms with van der Waals surface area (Å²) in [7, 11) is 0. The number of rotatable bonds is 3. The van der Waals surface area contributed by atoms with Crippen LogP contribution in [-0.2, 0) is 4.79 Å². The molecule has 0 aromatic carbocycles. The summed E-state index contributed by atoms with van der Waals surface area (Å²) < 4.78 is 1.68. The topological polar surface area (TPSA) is 87.0 Å². The molecule has 1 N–H and O–H groups in total. The molecule has 2 fully saturated rings. The van der Waals surface area contributed by atoms with Gasteiger partial charge < -0.3 is 15.1 Å². The van der Waals surface area contributed by atoms with Gasteiger partial charge in [-0.15, -0.1) is 0 Å². The summed E-state index contributed by atoms with van der Waals surface area (Å²) in [5.41, 5.74) is 0.918. The van der Waals surface area contributed by atoms with Gasteiger partial charge in [-0.2, -0.15) is 0 Å². The molecule has 1 aliphatic carbocycles. The Hall–Kier alpha value is -2.90. The summed E-state index contributed by atoms with van der Waals surface area (Å²) in [6.07, 6.45) is 6.00. The molecule has 0 bridgehead atoms. The zero-order valence-corrected chi connectivity index (χ0v) is 16.1. The molecular weight excluding hydrogens is 358 g/mol. The van der Waals surface area contributed by atoms with Crippen molar-refractivity contribution in [1.29, 1.82) is 0 Å². The van der Waals surface area contributed by atoms with Gasteiger partial charge >= 0.3 is 0 Å². The Bertz CT molecular complexity index is 908. The highest BCUT2D eigenvalue weighted by Gasteiger charge is 2.29. The van der Waals surface area contributed by atoms with E-state index in [1.165, 1.54) is 6.92 Å². The van der Waals surface area contributed by atoms with E-state index in [0.29, 0.717) is 37.4 Å². The first-order valence-electron chi connectivity index (χ1n) is 9.87. The molecule has 1 aliphatic heterocycles. The first-order chi connectivity index (χ1) is 13.5. The van der Waals surface area contributed by atoms with E-state index < -0.39 is 0 Å². The molecule has 0 spiro atoms. The molecule has 8 nitrogen and oxygen atoms in total. The summed E-state index contributed by atoms with van der Waals surface area (Å²) in [5, 5.41) is 3.05. The third-order valence-electron chi connectivity index (χ3n) is 5.66. The molecular formula is C20H25N5O3. The summed E-state index contributed by atoms with van der Waals surface area (Å²) in [4.78, 5) is 45.2. The van der Waals surface area contributed by atoms with Crippen LogP contribution in [-0.4, -0.2) is 69.1 Å². The fraction of sp³-hybridized carbons (Fsp3) is 0.500. The Morgan fingerprint density at radius 1 is 1.04 bits per heavy atom. The van der Waals surface area contributed by atoms with Crippen molar-refractivity contribution < 1.29 is 14.4 Å². The highest BCUT2D eigenvalue weighted by molar-refractivity contribution is 6.02. The number of amides is 3. The minimum atomic E-state index is -0.226. The minimum absolute atomic E-state index is 0.0178. The van der Waals surface area contributed by atoms with Crippen LogP contribution in [0.2, 0.25) is 0 Å². The SMILES string of the molecule is CC(=O)N1CCN(C(=O)c2nc(C(=O)NC3CCCC3)c3ccccn23)CC1. The van der Waals surface area contributed by atoms with E-state index in [2.05, 4.69) is 10.3 Å². The second-order valence-corrected chi connectivity index (χ2v) is 7.49. The lowest BCUT2D eigenvalue weighted by Gasteiger charge is -2.33. The van der Waals surface area contributed by atoms with Gasteiger partial charge in [0, 0.05) is 45.3 Å². The Morgan fingerprint density at radius 2 is 1.71 bits per heavy atom. The van der Waals surface area contributed by atoms with Gasteiger partial charge in [0.15, 0.2) is 5.69 Å². The summed E-state index contributed by atoms with van der Waals surface area (Å²) in [6.45, 7) is 3.49. The third-order valence-corrected chi connectivity index (χ3v) is 5.66. The van der Waals surface area contributed by atoms with Gasteiger partial charge in [-0.05, 0) is 25.0 Å². The van der Waals surface area contributed by atoms with Gasteiger partial charge in [-0.25, -0.2) is 4.98 Å². The third kappa shape index (κ3) is 3.46. The highest BCUT2D eigenvalue weighted by atomic mass is 16.2. The van der Waals surface area contributed by atoms with Crippen LogP contribution in [0.25, 0.3) is 5.52 Å². The molecule has 4 rings (SSSR count). The number of nitrogens with zero attached hydrogens (tertiary/aromatic N) is 4. The van der Waals surface area contributed by atoms with E-state index in [0.717, 1.165) is 25.7 Å². The van der Waals surface area contributed by atoms with E-state index in [1.54, 1.807) is 26.5 Å². The molecule has 1 saturated carbocycles. The predicted molar refractivity (Wildman–Crippen MR) is 103 cm³/mol. The molecule has 8 heteroatoms. The minimum Gasteiger partial charge on any atom is -0.348 e. The summed E-state index contributed by atoms with van der Waals surface area (Å²) >= 11 is 0. The Kier molecular flexibility index (Phi) is 5.02. The van der Waals surface area contributed by atoms with E-state index >= 15 is 0 Å². The summed E-state index contributed by atoms with van der Waals surface area (Å²) in [5.74, 6) is -0.187. The van der Waals surface area contributed by atoms with Crippen LogP contribution in [0.15, 0.2) is 24.4 Å². The zero-order chi connectivity index (χ0) is 19.7. The lowest BCUT2D eigenvalue weighted by molar-refractivity contribution is -0.130. The normalized spacial score (nSPS) is 17.9. The molecule has 0 unspecified atom stereocenters. The second kappa shape index (κ2) is 7.61. The highest BCUT2D eigenvalue weighted by Crippen LogP contribution is 2.20. The molecule has 2 aliphatic rings. The molecule has 3 heterocycles.